The Kier molecular flexibility index (Phi) is 6.73. The van der Waals surface area contributed by atoms with Crippen molar-refractivity contribution in [3.8, 4) is 11.5 Å². The average molecular weight is 459 g/mol. The molecule has 0 aliphatic heterocycles. The molecule has 0 saturated carbocycles. The van der Waals surface area contributed by atoms with Crippen LogP contribution in [0.25, 0.3) is 0 Å². The number of amides is 1. The number of rotatable bonds is 8. The Balaban J connectivity index is 2.20. The highest BCUT2D eigenvalue weighted by atomic mass is 79.9. The Morgan fingerprint density at radius 2 is 1.65 bits per heavy atom. The molecule has 2 rings (SSSR count). The summed E-state index contributed by atoms with van der Waals surface area (Å²) >= 11 is 4.40. The fourth-order valence-corrected chi connectivity index (χ4v) is 4.89. The highest BCUT2D eigenvalue weighted by molar-refractivity contribution is 9.10. The van der Waals surface area contributed by atoms with Gasteiger partial charge in [-0.1, -0.05) is 22.9 Å². The van der Waals surface area contributed by atoms with Crippen LogP contribution in [0.15, 0.2) is 57.9 Å². The third-order valence-electron chi connectivity index (χ3n) is 3.73. The predicted octanol–water partition coefficient (Wildman–Crippen LogP) is 3.47. The van der Waals surface area contributed by atoms with Crippen LogP contribution in [-0.2, 0) is 14.8 Å². The first-order valence-corrected chi connectivity index (χ1v) is 11.1. The predicted molar refractivity (Wildman–Crippen MR) is 107 cm³/mol. The van der Waals surface area contributed by atoms with Crippen LogP contribution in [0.1, 0.15) is 13.3 Å². The first-order valence-electron chi connectivity index (χ1n) is 7.65. The quantitative estimate of drug-likeness (QED) is 0.589. The molecule has 140 valence electrons. The van der Waals surface area contributed by atoms with E-state index in [0.717, 1.165) is 16.2 Å². The van der Waals surface area contributed by atoms with Gasteiger partial charge in [0.05, 0.1) is 4.90 Å². The molecule has 0 aromatic heterocycles. The second kappa shape index (κ2) is 8.43. The molecule has 0 aliphatic carbocycles. The summed E-state index contributed by atoms with van der Waals surface area (Å²) in [5.41, 5.74) is 5.39. The van der Waals surface area contributed by atoms with Crippen molar-refractivity contribution in [1.29, 1.82) is 0 Å². The SMILES string of the molecule is CCC(NS(=O)(=O)c1ccc(Oc2ccc(Br)cc2)cc1)(SC)C(N)=O. The van der Waals surface area contributed by atoms with E-state index < -0.39 is 20.8 Å². The van der Waals surface area contributed by atoms with Crippen LogP contribution in [0.5, 0.6) is 11.5 Å². The van der Waals surface area contributed by atoms with Crippen molar-refractivity contribution >= 4 is 43.6 Å². The number of nitrogens with one attached hydrogen (secondary N) is 1. The minimum absolute atomic E-state index is 0.0220. The number of halogens is 1. The summed E-state index contributed by atoms with van der Waals surface area (Å²) in [7, 11) is -3.92. The zero-order valence-corrected chi connectivity index (χ0v) is 17.4. The molecule has 26 heavy (non-hydrogen) atoms. The Hall–Kier alpha value is -1.55. The third-order valence-corrected chi connectivity index (χ3v) is 7.18. The first kappa shape index (κ1) is 20.8. The second-order valence-corrected chi connectivity index (χ2v) is 9.09. The van der Waals surface area contributed by atoms with Crippen molar-refractivity contribution in [3.05, 3.63) is 53.0 Å². The van der Waals surface area contributed by atoms with E-state index in [-0.39, 0.29) is 11.3 Å². The van der Waals surface area contributed by atoms with Gasteiger partial charge >= 0.3 is 0 Å². The largest absolute Gasteiger partial charge is 0.457 e. The minimum atomic E-state index is -3.92. The van der Waals surface area contributed by atoms with Gasteiger partial charge in [-0.05, 0) is 61.2 Å². The minimum Gasteiger partial charge on any atom is -0.457 e. The maximum Gasteiger partial charge on any atom is 0.249 e. The molecular weight excluding hydrogens is 440 g/mol. The molecule has 1 amide bonds. The molecule has 1 atom stereocenters. The smallest absolute Gasteiger partial charge is 0.249 e. The molecule has 2 aromatic carbocycles. The molecule has 2 aromatic rings. The summed E-state index contributed by atoms with van der Waals surface area (Å²) in [5.74, 6) is 0.391. The van der Waals surface area contributed by atoms with E-state index in [1.807, 2.05) is 12.1 Å². The van der Waals surface area contributed by atoms with Crippen LogP contribution < -0.4 is 15.2 Å². The van der Waals surface area contributed by atoms with Gasteiger partial charge in [-0.2, -0.15) is 4.72 Å². The third kappa shape index (κ3) is 4.79. The lowest BCUT2D eigenvalue weighted by atomic mass is 10.2. The number of primary amides is 1. The molecule has 0 aliphatic rings. The monoisotopic (exact) mass is 458 g/mol. The topological polar surface area (TPSA) is 98.5 Å². The molecule has 9 heteroatoms. The summed E-state index contributed by atoms with van der Waals surface area (Å²) in [6, 6.07) is 13.2. The van der Waals surface area contributed by atoms with Crippen molar-refractivity contribution < 1.29 is 17.9 Å². The Morgan fingerprint density at radius 3 is 2.08 bits per heavy atom. The van der Waals surface area contributed by atoms with E-state index in [4.69, 9.17) is 10.5 Å². The summed E-state index contributed by atoms with van der Waals surface area (Å²) in [4.78, 5) is 10.4. The lowest BCUT2D eigenvalue weighted by molar-refractivity contribution is -0.120. The number of sulfonamides is 1. The van der Waals surface area contributed by atoms with Gasteiger partial charge in [-0.3, -0.25) is 4.79 Å². The van der Waals surface area contributed by atoms with Crippen molar-refractivity contribution in [2.24, 2.45) is 5.73 Å². The van der Waals surface area contributed by atoms with Crippen molar-refractivity contribution in [1.82, 2.24) is 4.72 Å². The number of carbonyl (C=O) groups is 1. The molecule has 0 radical (unpaired) electrons. The fraction of sp³-hybridized carbons (Fsp3) is 0.235. The van der Waals surface area contributed by atoms with Crippen molar-refractivity contribution in [2.75, 3.05) is 6.26 Å². The standard InChI is InChI=1S/C17H19BrN2O4S2/c1-3-17(25-2,16(19)21)20-26(22,23)15-10-8-14(9-11-15)24-13-6-4-12(18)5-7-13/h4-11,20H,3H2,1-2H3,(H2,19,21). The Morgan fingerprint density at radius 1 is 1.15 bits per heavy atom. The molecule has 0 saturated heterocycles. The van der Waals surface area contributed by atoms with Crippen LogP contribution in [0.3, 0.4) is 0 Å². The van der Waals surface area contributed by atoms with Crippen molar-refractivity contribution in [3.63, 3.8) is 0 Å². The number of hydrogen-bond acceptors (Lipinski definition) is 5. The molecular formula is C17H19BrN2O4S2. The number of ether oxygens (including phenoxy) is 1. The summed E-state index contributed by atoms with van der Waals surface area (Å²) in [5, 5.41) is 0. The summed E-state index contributed by atoms with van der Waals surface area (Å²) in [6.07, 6.45) is 1.86. The van der Waals surface area contributed by atoms with E-state index >= 15 is 0 Å². The fourth-order valence-electron chi connectivity index (χ4n) is 2.18. The zero-order valence-electron chi connectivity index (χ0n) is 14.2. The zero-order chi connectivity index (χ0) is 19.4. The van der Waals surface area contributed by atoms with Gasteiger partial charge in [-0.15, -0.1) is 11.8 Å². The Labute approximate surface area is 165 Å². The molecule has 3 N–H and O–H groups in total. The number of thioether (sulfide) groups is 1. The maximum atomic E-state index is 12.6. The van der Waals surface area contributed by atoms with E-state index in [1.54, 1.807) is 37.4 Å². The number of carbonyl (C=O) groups excluding carboxylic acids is 1. The van der Waals surface area contributed by atoms with E-state index in [1.165, 1.54) is 12.1 Å². The molecule has 0 fully saturated rings. The molecule has 0 spiro atoms. The molecule has 0 bridgehead atoms. The summed E-state index contributed by atoms with van der Waals surface area (Å²) in [6.45, 7) is 1.69. The molecule has 6 nitrogen and oxygen atoms in total. The highest BCUT2D eigenvalue weighted by Crippen LogP contribution is 2.28. The van der Waals surface area contributed by atoms with Crippen molar-refractivity contribution in [2.45, 2.75) is 23.1 Å². The number of hydrogen-bond donors (Lipinski definition) is 2. The maximum absolute atomic E-state index is 12.6. The van der Waals surface area contributed by atoms with Gasteiger partial charge in [0.15, 0.2) is 4.87 Å². The van der Waals surface area contributed by atoms with Gasteiger partial charge < -0.3 is 10.5 Å². The Bertz CT molecular complexity index is 865. The van der Waals surface area contributed by atoms with Crippen LogP contribution in [0, 0.1) is 0 Å². The van der Waals surface area contributed by atoms with Gasteiger partial charge in [0.25, 0.3) is 0 Å². The van der Waals surface area contributed by atoms with Crippen LogP contribution in [0.4, 0.5) is 0 Å². The average Bonchev–Trinajstić information content (AvgIpc) is 2.62. The van der Waals surface area contributed by atoms with Gasteiger partial charge in [-0.25, -0.2) is 8.42 Å². The lowest BCUT2D eigenvalue weighted by Crippen LogP contribution is -2.54. The molecule has 0 heterocycles. The van der Waals surface area contributed by atoms with Gasteiger partial charge in [0.2, 0.25) is 15.9 Å². The number of nitrogens with two attached hydrogens (primary N) is 1. The number of benzene rings is 2. The molecule has 1 unspecified atom stereocenters. The first-order chi connectivity index (χ1) is 12.2. The van der Waals surface area contributed by atoms with E-state index in [0.29, 0.717) is 11.5 Å². The van der Waals surface area contributed by atoms with Crippen LogP contribution >= 0.6 is 27.7 Å². The van der Waals surface area contributed by atoms with Gasteiger partial charge in [0, 0.05) is 4.47 Å². The summed E-state index contributed by atoms with van der Waals surface area (Å²) < 4.78 is 34.2. The van der Waals surface area contributed by atoms with E-state index in [2.05, 4.69) is 20.7 Å². The van der Waals surface area contributed by atoms with Gasteiger partial charge in [0.1, 0.15) is 11.5 Å². The normalized spacial score (nSPS) is 13.8. The highest BCUT2D eigenvalue weighted by Gasteiger charge is 2.38. The van der Waals surface area contributed by atoms with E-state index in [9.17, 15) is 13.2 Å². The second-order valence-electron chi connectivity index (χ2n) is 5.38. The van der Waals surface area contributed by atoms with Crippen LogP contribution in [0.2, 0.25) is 0 Å². The van der Waals surface area contributed by atoms with Crippen LogP contribution in [-0.4, -0.2) is 25.5 Å². The lowest BCUT2D eigenvalue weighted by Gasteiger charge is -2.28.